The lowest BCUT2D eigenvalue weighted by Crippen LogP contribution is -2.39. The molecule has 0 heterocycles. The van der Waals surface area contributed by atoms with E-state index in [0.29, 0.717) is 18.6 Å². The zero-order chi connectivity index (χ0) is 15.3. The molecule has 0 saturated heterocycles. The van der Waals surface area contributed by atoms with E-state index >= 15 is 0 Å². The molecule has 0 fully saturated rings. The molecule has 1 aliphatic carbocycles. The standard InChI is InChI=1S/C16H18N2O3/c17-14(19)12-5-4-8-16(11-12,15(18)20)9-10-21-13-6-2-1-3-7-13/h1-8H,9-11H2,(H2,17,19)(H2,18,20). The Morgan fingerprint density at radius 3 is 2.52 bits per heavy atom. The molecular formula is C16H18N2O3. The van der Waals surface area contributed by atoms with Crippen molar-refractivity contribution in [2.24, 2.45) is 16.9 Å². The molecule has 0 aromatic heterocycles. The lowest BCUT2D eigenvalue weighted by molar-refractivity contribution is -0.126. The quantitative estimate of drug-likeness (QED) is 0.825. The van der Waals surface area contributed by atoms with Gasteiger partial charge in [0.15, 0.2) is 0 Å². The minimum atomic E-state index is -0.923. The predicted octanol–water partition coefficient (Wildman–Crippen LogP) is 1.30. The summed E-state index contributed by atoms with van der Waals surface area (Å²) in [5.74, 6) is -0.293. The summed E-state index contributed by atoms with van der Waals surface area (Å²) in [4.78, 5) is 23.1. The molecule has 0 radical (unpaired) electrons. The second-order valence-corrected chi connectivity index (χ2v) is 5.02. The van der Waals surface area contributed by atoms with Crippen molar-refractivity contribution in [3.8, 4) is 5.75 Å². The van der Waals surface area contributed by atoms with Crippen molar-refractivity contribution < 1.29 is 14.3 Å². The third-order valence-electron chi connectivity index (χ3n) is 3.59. The Labute approximate surface area is 123 Å². The molecule has 5 heteroatoms. The van der Waals surface area contributed by atoms with Gasteiger partial charge in [-0.2, -0.15) is 0 Å². The first kappa shape index (κ1) is 14.8. The molecule has 1 atom stereocenters. The number of hydrogen-bond acceptors (Lipinski definition) is 3. The third kappa shape index (κ3) is 3.51. The summed E-state index contributed by atoms with van der Waals surface area (Å²) in [5, 5.41) is 0. The average molecular weight is 286 g/mol. The number of amides is 2. The first-order valence-electron chi connectivity index (χ1n) is 6.69. The van der Waals surface area contributed by atoms with Crippen molar-refractivity contribution in [1.82, 2.24) is 0 Å². The van der Waals surface area contributed by atoms with Gasteiger partial charge >= 0.3 is 0 Å². The third-order valence-corrected chi connectivity index (χ3v) is 3.59. The first-order valence-corrected chi connectivity index (χ1v) is 6.69. The van der Waals surface area contributed by atoms with Gasteiger partial charge in [-0.25, -0.2) is 0 Å². The lowest BCUT2D eigenvalue weighted by atomic mass is 9.75. The molecule has 0 saturated carbocycles. The monoisotopic (exact) mass is 286 g/mol. The maximum atomic E-state index is 11.8. The van der Waals surface area contributed by atoms with E-state index in [0.717, 1.165) is 5.75 Å². The number of benzene rings is 1. The molecule has 110 valence electrons. The Hall–Kier alpha value is -2.56. The summed E-state index contributed by atoms with van der Waals surface area (Å²) in [6, 6.07) is 9.30. The molecule has 2 amide bonds. The Kier molecular flexibility index (Phi) is 4.42. The van der Waals surface area contributed by atoms with Crippen LogP contribution in [0.2, 0.25) is 0 Å². The van der Waals surface area contributed by atoms with Crippen LogP contribution < -0.4 is 16.2 Å². The molecule has 4 N–H and O–H groups in total. The number of hydrogen-bond donors (Lipinski definition) is 2. The summed E-state index contributed by atoms with van der Waals surface area (Å²) >= 11 is 0. The van der Waals surface area contributed by atoms with Crippen molar-refractivity contribution >= 4 is 11.8 Å². The van der Waals surface area contributed by atoms with Crippen LogP contribution in [0.15, 0.2) is 54.1 Å². The molecule has 0 bridgehead atoms. The molecule has 1 unspecified atom stereocenters. The minimum Gasteiger partial charge on any atom is -0.494 e. The summed E-state index contributed by atoms with van der Waals surface area (Å²) < 4.78 is 5.60. The molecule has 1 aliphatic rings. The Balaban J connectivity index is 2.03. The van der Waals surface area contributed by atoms with E-state index < -0.39 is 17.2 Å². The maximum Gasteiger partial charge on any atom is 0.244 e. The Bertz CT molecular complexity index is 593. The second kappa shape index (κ2) is 6.26. The van der Waals surface area contributed by atoms with Crippen molar-refractivity contribution in [3.63, 3.8) is 0 Å². The van der Waals surface area contributed by atoms with E-state index in [-0.39, 0.29) is 6.42 Å². The summed E-state index contributed by atoms with van der Waals surface area (Å²) in [7, 11) is 0. The van der Waals surface area contributed by atoms with Crippen LogP contribution in [-0.4, -0.2) is 18.4 Å². The van der Waals surface area contributed by atoms with Crippen LogP contribution in [0.3, 0.4) is 0 Å². The van der Waals surface area contributed by atoms with Gasteiger partial charge in [-0.05, 0) is 25.0 Å². The highest BCUT2D eigenvalue weighted by atomic mass is 16.5. The zero-order valence-corrected chi connectivity index (χ0v) is 11.6. The van der Waals surface area contributed by atoms with Gasteiger partial charge in [0.2, 0.25) is 11.8 Å². The van der Waals surface area contributed by atoms with Gasteiger partial charge in [0.1, 0.15) is 5.75 Å². The number of nitrogens with two attached hydrogens (primary N) is 2. The van der Waals surface area contributed by atoms with E-state index in [9.17, 15) is 9.59 Å². The van der Waals surface area contributed by atoms with Crippen LogP contribution in [0.5, 0.6) is 5.75 Å². The van der Waals surface area contributed by atoms with Crippen molar-refractivity contribution in [3.05, 3.63) is 54.1 Å². The average Bonchev–Trinajstić information content (AvgIpc) is 2.48. The molecular weight excluding hydrogens is 268 g/mol. The van der Waals surface area contributed by atoms with E-state index in [4.69, 9.17) is 16.2 Å². The smallest absolute Gasteiger partial charge is 0.244 e. The summed E-state index contributed by atoms with van der Waals surface area (Å²) in [6.45, 7) is 0.323. The van der Waals surface area contributed by atoms with Gasteiger partial charge in [-0.3, -0.25) is 9.59 Å². The second-order valence-electron chi connectivity index (χ2n) is 5.02. The summed E-state index contributed by atoms with van der Waals surface area (Å²) in [5.41, 5.74) is 10.3. The largest absolute Gasteiger partial charge is 0.494 e. The zero-order valence-electron chi connectivity index (χ0n) is 11.6. The van der Waals surface area contributed by atoms with Crippen LogP contribution in [0.4, 0.5) is 0 Å². The number of rotatable bonds is 6. The van der Waals surface area contributed by atoms with E-state index in [1.807, 2.05) is 30.3 Å². The lowest BCUT2D eigenvalue weighted by Gasteiger charge is -2.29. The van der Waals surface area contributed by atoms with Crippen LogP contribution in [0, 0.1) is 5.41 Å². The number of primary amides is 2. The van der Waals surface area contributed by atoms with Gasteiger partial charge < -0.3 is 16.2 Å². The number of para-hydroxylation sites is 1. The van der Waals surface area contributed by atoms with Crippen LogP contribution in [-0.2, 0) is 9.59 Å². The first-order chi connectivity index (χ1) is 10.0. The molecule has 1 aromatic rings. The maximum absolute atomic E-state index is 11.8. The minimum absolute atomic E-state index is 0.215. The van der Waals surface area contributed by atoms with Gasteiger partial charge in [0.05, 0.1) is 12.0 Å². The van der Waals surface area contributed by atoms with Gasteiger partial charge in [-0.1, -0.05) is 36.4 Å². The van der Waals surface area contributed by atoms with Crippen LogP contribution in [0.1, 0.15) is 12.8 Å². The van der Waals surface area contributed by atoms with Gasteiger partial charge in [-0.15, -0.1) is 0 Å². The van der Waals surface area contributed by atoms with Crippen molar-refractivity contribution in [1.29, 1.82) is 0 Å². The van der Waals surface area contributed by atoms with Crippen molar-refractivity contribution in [2.45, 2.75) is 12.8 Å². The van der Waals surface area contributed by atoms with Crippen LogP contribution >= 0.6 is 0 Å². The normalized spacial score (nSPS) is 20.7. The number of allylic oxidation sites excluding steroid dienone is 2. The molecule has 21 heavy (non-hydrogen) atoms. The Morgan fingerprint density at radius 1 is 1.19 bits per heavy atom. The molecule has 0 spiro atoms. The SMILES string of the molecule is NC(=O)C1=CC=CC(CCOc2ccccc2)(C(N)=O)C1. The van der Waals surface area contributed by atoms with E-state index in [1.54, 1.807) is 18.2 Å². The topological polar surface area (TPSA) is 95.4 Å². The fraction of sp³-hybridized carbons (Fsp3) is 0.250. The highest BCUT2D eigenvalue weighted by Gasteiger charge is 2.37. The number of carbonyl (C=O) groups excluding carboxylic acids is 2. The highest BCUT2D eigenvalue weighted by molar-refractivity contribution is 5.95. The van der Waals surface area contributed by atoms with Gasteiger partial charge in [0.25, 0.3) is 0 Å². The number of carbonyl (C=O) groups is 2. The Morgan fingerprint density at radius 2 is 1.90 bits per heavy atom. The molecule has 5 nitrogen and oxygen atoms in total. The van der Waals surface area contributed by atoms with Crippen molar-refractivity contribution in [2.75, 3.05) is 6.61 Å². The van der Waals surface area contributed by atoms with Crippen LogP contribution in [0.25, 0.3) is 0 Å². The fourth-order valence-corrected chi connectivity index (χ4v) is 2.31. The number of ether oxygens (including phenoxy) is 1. The predicted molar refractivity (Wildman–Crippen MR) is 79.2 cm³/mol. The van der Waals surface area contributed by atoms with Gasteiger partial charge in [0, 0.05) is 5.57 Å². The van der Waals surface area contributed by atoms with E-state index in [2.05, 4.69) is 0 Å². The molecule has 0 aliphatic heterocycles. The fourth-order valence-electron chi connectivity index (χ4n) is 2.31. The highest BCUT2D eigenvalue weighted by Crippen LogP contribution is 2.35. The molecule has 2 rings (SSSR count). The van der Waals surface area contributed by atoms with E-state index in [1.165, 1.54) is 0 Å². The summed E-state index contributed by atoms with van der Waals surface area (Å²) in [6.07, 6.45) is 5.58. The molecule has 1 aromatic carbocycles.